The Balaban J connectivity index is 2.83. The smallest absolute Gasteiger partial charge is 0.236 e. The fourth-order valence-corrected chi connectivity index (χ4v) is 0.974. The summed E-state index contributed by atoms with van der Waals surface area (Å²) in [5, 5.41) is 3.56. The zero-order valence-corrected chi connectivity index (χ0v) is 9.36. The number of halogens is 1. The zero-order chi connectivity index (χ0) is 12.1. The van der Waals surface area contributed by atoms with Gasteiger partial charge in [-0.25, -0.2) is 10.4 Å². The van der Waals surface area contributed by atoms with Crippen molar-refractivity contribution >= 4 is 17.9 Å². The van der Waals surface area contributed by atoms with E-state index in [0.29, 0.717) is 5.82 Å². The molecule has 0 saturated carbocycles. The van der Waals surface area contributed by atoms with Gasteiger partial charge in [-0.05, 0) is 12.1 Å². The zero-order valence-electron chi connectivity index (χ0n) is 9.36. The molecular weight excluding hydrogens is 211 g/mol. The van der Waals surface area contributed by atoms with E-state index in [1.54, 1.807) is 31.1 Å². The van der Waals surface area contributed by atoms with Gasteiger partial charge < -0.3 is 4.90 Å². The van der Waals surface area contributed by atoms with Gasteiger partial charge in [0.1, 0.15) is 5.82 Å². The fourth-order valence-electron chi connectivity index (χ4n) is 0.974. The molecule has 0 aliphatic carbocycles. The van der Waals surface area contributed by atoms with Crippen LogP contribution in [-0.2, 0) is 4.79 Å². The highest BCUT2D eigenvalue weighted by atomic mass is 19.1. The number of pyridine rings is 1. The first-order valence-corrected chi connectivity index (χ1v) is 4.64. The lowest BCUT2D eigenvalue weighted by atomic mass is 10.3. The SMILES string of the molecule is CC(=O)N/N=C/c1ccc(N(C)C)nc1F. The third-order valence-corrected chi connectivity index (χ3v) is 1.75. The molecule has 1 N–H and O–H groups in total. The number of hydrazone groups is 1. The van der Waals surface area contributed by atoms with Gasteiger partial charge >= 0.3 is 0 Å². The van der Waals surface area contributed by atoms with Crippen LogP contribution in [0.5, 0.6) is 0 Å². The van der Waals surface area contributed by atoms with E-state index in [4.69, 9.17) is 0 Å². The first kappa shape index (κ1) is 12.1. The molecule has 6 heteroatoms. The fraction of sp³-hybridized carbons (Fsp3) is 0.300. The lowest BCUT2D eigenvalue weighted by molar-refractivity contribution is -0.118. The lowest BCUT2D eigenvalue weighted by Gasteiger charge is -2.10. The summed E-state index contributed by atoms with van der Waals surface area (Å²) in [6.45, 7) is 1.32. The molecule has 0 fully saturated rings. The first-order valence-electron chi connectivity index (χ1n) is 4.64. The van der Waals surface area contributed by atoms with Crippen LogP contribution in [0.15, 0.2) is 17.2 Å². The summed E-state index contributed by atoms with van der Waals surface area (Å²) in [7, 11) is 3.54. The number of nitrogens with one attached hydrogen (secondary N) is 1. The molecule has 0 unspecified atom stereocenters. The highest BCUT2D eigenvalue weighted by Gasteiger charge is 2.04. The van der Waals surface area contributed by atoms with Crippen LogP contribution in [0.2, 0.25) is 0 Å². The van der Waals surface area contributed by atoms with E-state index in [-0.39, 0.29) is 11.5 Å². The van der Waals surface area contributed by atoms with Crippen molar-refractivity contribution in [3.05, 3.63) is 23.6 Å². The van der Waals surface area contributed by atoms with E-state index >= 15 is 0 Å². The van der Waals surface area contributed by atoms with Crippen molar-refractivity contribution in [2.24, 2.45) is 5.10 Å². The van der Waals surface area contributed by atoms with Gasteiger partial charge in [0.25, 0.3) is 0 Å². The van der Waals surface area contributed by atoms with Crippen molar-refractivity contribution in [2.45, 2.75) is 6.92 Å². The van der Waals surface area contributed by atoms with Crippen molar-refractivity contribution in [1.82, 2.24) is 10.4 Å². The second-order valence-electron chi connectivity index (χ2n) is 3.37. The van der Waals surface area contributed by atoms with Crippen LogP contribution in [0.4, 0.5) is 10.2 Å². The van der Waals surface area contributed by atoms with Crippen LogP contribution < -0.4 is 10.3 Å². The molecule has 0 atom stereocenters. The molecule has 0 saturated heterocycles. The minimum Gasteiger partial charge on any atom is -0.363 e. The van der Waals surface area contributed by atoms with Crippen LogP contribution in [0.3, 0.4) is 0 Å². The first-order chi connectivity index (χ1) is 7.50. The number of anilines is 1. The molecule has 5 nitrogen and oxygen atoms in total. The van der Waals surface area contributed by atoms with Gasteiger partial charge in [-0.3, -0.25) is 4.79 Å². The van der Waals surface area contributed by atoms with Crippen LogP contribution in [0.1, 0.15) is 12.5 Å². The number of hydrogen-bond donors (Lipinski definition) is 1. The van der Waals surface area contributed by atoms with Crippen LogP contribution in [0.25, 0.3) is 0 Å². The summed E-state index contributed by atoms with van der Waals surface area (Å²) < 4.78 is 13.4. The van der Waals surface area contributed by atoms with Crippen molar-refractivity contribution in [3.63, 3.8) is 0 Å². The van der Waals surface area contributed by atoms with Crippen LogP contribution in [-0.4, -0.2) is 31.2 Å². The second kappa shape index (κ2) is 5.20. The molecule has 16 heavy (non-hydrogen) atoms. The molecular formula is C10H13FN4O. The van der Waals surface area contributed by atoms with Crippen molar-refractivity contribution < 1.29 is 9.18 Å². The summed E-state index contributed by atoms with van der Waals surface area (Å²) in [5.74, 6) is -0.413. The number of amides is 1. The monoisotopic (exact) mass is 224 g/mol. The molecule has 0 spiro atoms. The Bertz CT molecular complexity index is 417. The van der Waals surface area contributed by atoms with Crippen molar-refractivity contribution in [3.8, 4) is 0 Å². The third-order valence-electron chi connectivity index (χ3n) is 1.75. The second-order valence-corrected chi connectivity index (χ2v) is 3.37. The number of carbonyl (C=O) groups is 1. The van der Waals surface area contributed by atoms with E-state index in [2.05, 4.69) is 15.5 Å². The van der Waals surface area contributed by atoms with Crippen LogP contribution in [0, 0.1) is 5.95 Å². The number of hydrogen-bond acceptors (Lipinski definition) is 4. The maximum Gasteiger partial charge on any atom is 0.236 e. The average Bonchev–Trinajstić information content (AvgIpc) is 2.19. The number of aromatic nitrogens is 1. The summed E-state index contributed by atoms with van der Waals surface area (Å²) in [6.07, 6.45) is 1.21. The molecule has 0 bridgehead atoms. The van der Waals surface area contributed by atoms with Gasteiger partial charge in [-0.2, -0.15) is 9.49 Å². The number of carbonyl (C=O) groups excluding carboxylic acids is 1. The Morgan fingerprint density at radius 2 is 2.25 bits per heavy atom. The van der Waals surface area contributed by atoms with Gasteiger partial charge in [0, 0.05) is 26.6 Å². The summed E-state index contributed by atoms with van der Waals surface area (Å²) >= 11 is 0. The molecule has 1 heterocycles. The molecule has 0 aliphatic heterocycles. The van der Waals surface area contributed by atoms with Crippen LogP contribution >= 0.6 is 0 Å². The molecule has 1 rings (SSSR count). The minimum absolute atomic E-state index is 0.222. The third kappa shape index (κ3) is 3.30. The minimum atomic E-state index is -0.625. The Kier molecular flexibility index (Phi) is 3.93. The lowest BCUT2D eigenvalue weighted by Crippen LogP contribution is -2.13. The van der Waals surface area contributed by atoms with Gasteiger partial charge in [0.15, 0.2) is 0 Å². The van der Waals surface area contributed by atoms with Gasteiger partial charge in [-0.15, -0.1) is 0 Å². The van der Waals surface area contributed by atoms with E-state index in [1.165, 1.54) is 13.1 Å². The molecule has 1 aromatic rings. The van der Waals surface area contributed by atoms with Crippen molar-refractivity contribution in [2.75, 3.05) is 19.0 Å². The highest BCUT2D eigenvalue weighted by molar-refractivity contribution is 5.81. The topological polar surface area (TPSA) is 57.6 Å². The molecule has 1 amide bonds. The maximum absolute atomic E-state index is 13.4. The van der Waals surface area contributed by atoms with E-state index in [9.17, 15) is 9.18 Å². The predicted molar refractivity (Wildman–Crippen MR) is 59.9 cm³/mol. The molecule has 0 radical (unpaired) electrons. The Hall–Kier alpha value is -1.98. The maximum atomic E-state index is 13.4. The van der Waals surface area contributed by atoms with Crippen molar-refractivity contribution in [1.29, 1.82) is 0 Å². The van der Waals surface area contributed by atoms with Gasteiger partial charge in [0.05, 0.1) is 6.21 Å². The number of rotatable bonds is 3. The molecule has 0 aliphatic rings. The van der Waals surface area contributed by atoms with E-state index in [0.717, 1.165) is 0 Å². The largest absolute Gasteiger partial charge is 0.363 e. The van der Waals surface area contributed by atoms with Gasteiger partial charge in [-0.1, -0.05) is 0 Å². The van der Waals surface area contributed by atoms with Gasteiger partial charge in [0.2, 0.25) is 11.9 Å². The average molecular weight is 224 g/mol. The predicted octanol–water partition coefficient (Wildman–Crippen LogP) is 0.757. The Morgan fingerprint density at radius 1 is 1.56 bits per heavy atom. The Morgan fingerprint density at radius 3 is 2.75 bits per heavy atom. The summed E-state index contributed by atoms with van der Waals surface area (Å²) in [4.78, 5) is 15.9. The standard InChI is InChI=1S/C10H13FN4O/c1-7(16)14-12-6-8-4-5-9(15(2)3)13-10(8)11/h4-6H,1-3H3,(H,14,16)/b12-6+. The quantitative estimate of drug-likeness (QED) is 0.468. The summed E-state index contributed by atoms with van der Waals surface area (Å²) in [6, 6.07) is 3.21. The van der Waals surface area contributed by atoms with E-state index in [1.807, 2.05) is 0 Å². The molecule has 86 valence electrons. The Labute approximate surface area is 93.0 Å². The normalized spacial score (nSPS) is 10.5. The molecule has 0 aromatic carbocycles. The highest BCUT2D eigenvalue weighted by Crippen LogP contribution is 2.10. The van der Waals surface area contributed by atoms with E-state index < -0.39 is 5.95 Å². The summed E-state index contributed by atoms with van der Waals surface area (Å²) in [5.41, 5.74) is 2.41. The number of nitrogens with zero attached hydrogens (tertiary/aromatic N) is 3. The molecule has 1 aromatic heterocycles.